The maximum absolute atomic E-state index is 12.3. The van der Waals surface area contributed by atoms with Gasteiger partial charge in [0, 0.05) is 5.69 Å². The summed E-state index contributed by atoms with van der Waals surface area (Å²) in [6, 6.07) is 5.05. The number of nitrogens with two attached hydrogens (primary N) is 1. The summed E-state index contributed by atoms with van der Waals surface area (Å²) >= 11 is 0. The molecule has 0 saturated heterocycles. The van der Waals surface area contributed by atoms with E-state index in [1.54, 1.807) is 25.3 Å². The minimum atomic E-state index is -0.341. The average Bonchev–Trinajstić information content (AvgIpc) is 2.48. The van der Waals surface area contributed by atoms with E-state index in [1.807, 2.05) is 0 Å². The molecule has 1 fully saturated rings. The first kappa shape index (κ1) is 14.7. The number of carbonyl (C=O) groups is 1. The fourth-order valence-electron chi connectivity index (χ4n) is 2.84. The molecular weight excluding hydrogens is 254 g/mol. The van der Waals surface area contributed by atoms with Gasteiger partial charge in [0.25, 0.3) is 0 Å². The van der Waals surface area contributed by atoms with Crippen LogP contribution in [0.15, 0.2) is 18.2 Å². The van der Waals surface area contributed by atoms with Gasteiger partial charge in [-0.2, -0.15) is 0 Å². The number of ether oxygens (including phenoxy) is 2. The van der Waals surface area contributed by atoms with Crippen LogP contribution in [0.5, 0.6) is 5.75 Å². The van der Waals surface area contributed by atoms with Crippen molar-refractivity contribution in [1.29, 1.82) is 0 Å². The minimum absolute atomic E-state index is 0.0202. The third-order valence-corrected chi connectivity index (χ3v) is 4.10. The predicted molar refractivity (Wildman–Crippen MR) is 78.9 cm³/mol. The Kier molecular flexibility index (Phi) is 4.88. The summed E-state index contributed by atoms with van der Waals surface area (Å²) in [5.74, 6) is 0.744. The monoisotopic (exact) mass is 277 g/mol. The van der Waals surface area contributed by atoms with Gasteiger partial charge < -0.3 is 15.2 Å². The standard InChI is InChI=1S/C16H23NO3/c1-3-11-6-4-5-7-15(11)20-16(18)13-10-12(19-2)8-9-14(13)17/h8-11,15H,3-7,17H2,1-2H3. The number of carbonyl (C=O) groups excluding carboxylic acids is 1. The summed E-state index contributed by atoms with van der Waals surface area (Å²) in [4.78, 5) is 12.3. The Labute approximate surface area is 120 Å². The maximum Gasteiger partial charge on any atom is 0.340 e. The van der Waals surface area contributed by atoms with Crippen LogP contribution in [-0.4, -0.2) is 19.2 Å². The van der Waals surface area contributed by atoms with E-state index in [4.69, 9.17) is 15.2 Å². The second-order valence-electron chi connectivity index (χ2n) is 5.35. The van der Waals surface area contributed by atoms with Crippen molar-refractivity contribution in [3.8, 4) is 5.75 Å². The molecule has 4 nitrogen and oxygen atoms in total. The number of rotatable bonds is 4. The number of hydrogen-bond acceptors (Lipinski definition) is 4. The molecule has 4 heteroatoms. The maximum atomic E-state index is 12.3. The van der Waals surface area contributed by atoms with Gasteiger partial charge in [-0.3, -0.25) is 0 Å². The largest absolute Gasteiger partial charge is 0.497 e. The molecule has 1 aromatic rings. The Morgan fingerprint density at radius 3 is 2.80 bits per heavy atom. The number of esters is 1. The highest BCUT2D eigenvalue weighted by molar-refractivity contribution is 5.95. The molecule has 2 rings (SSSR count). The zero-order chi connectivity index (χ0) is 14.5. The lowest BCUT2D eigenvalue weighted by atomic mass is 9.85. The number of hydrogen-bond donors (Lipinski definition) is 1. The number of benzene rings is 1. The summed E-state index contributed by atoms with van der Waals surface area (Å²) in [6.45, 7) is 2.15. The molecule has 2 unspecified atom stereocenters. The van der Waals surface area contributed by atoms with E-state index < -0.39 is 0 Å². The van der Waals surface area contributed by atoms with Crippen LogP contribution in [-0.2, 0) is 4.74 Å². The molecule has 0 amide bonds. The molecule has 1 aliphatic rings. The average molecular weight is 277 g/mol. The summed E-state index contributed by atoms with van der Waals surface area (Å²) in [7, 11) is 1.56. The van der Waals surface area contributed by atoms with Crippen LogP contribution in [0.25, 0.3) is 0 Å². The molecule has 2 N–H and O–H groups in total. The zero-order valence-corrected chi connectivity index (χ0v) is 12.2. The van der Waals surface area contributed by atoms with Crippen molar-refractivity contribution in [2.24, 2.45) is 5.92 Å². The molecule has 20 heavy (non-hydrogen) atoms. The van der Waals surface area contributed by atoms with Gasteiger partial charge in [-0.1, -0.05) is 13.3 Å². The molecule has 0 spiro atoms. The van der Waals surface area contributed by atoms with Gasteiger partial charge in [-0.05, 0) is 49.8 Å². The lowest BCUT2D eigenvalue weighted by molar-refractivity contribution is 0.000793. The highest BCUT2D eigenvalue weighted by Crippen LogP contribution is 2.30. The van der Waals surface area contributed by atoms with Crippen LogP contribution in [0.4, 0.5) is 5.69 Å². The second kappa shape index (κ2) is 6.64. The summed E-state index contributed by atoms with van der Waals surface area (Å²) in [6.07, 6.45) is 5.52. The van der Waals surface area contributed by atoms with Crippen molar-refractivity contribution in [1.82, 2.24) is 0 Å². The van der Waals surface area contributed by atoms with Crippen LogP contribution >= 0.6 is 0 Å². The first-order valence-electron chi connectivity index (χ1n) is 7.30. The Morgan fingerprint density at radius 2 is 2.10 bits per heavy atom. The molecule has 0 heterocycles. The quantitative estimate of drug-likeness (QED) is 0.676. The fourth-order valence-corrected chi connectivity index (χ4v) is 2.84. The molecular formula is C16H23NO3. The van der Waals surface area contributed by atoms with Crippen LogP contribution in [0.3, 0.4) is 0 Å². The third kappa shape index (κ3) is 3.24. The Morgan fingerprint density at radius 1 is 1.35 bits per heavy atom. The Balaban J connectivity index is 2.11. The first-order valence-corrected chi connectivity index (χ1v) is 7.30. The Bertz CT molecular complexity index is 473. The van der Waals surface area contributed by atoms with E-state index in [0.717, 1.165) is 25.7 Å². The number of methoxy groups -OCH3 is 1. The third-order valence-electron chi connectivity index (χ3n) is 4.10. The van der Waals surface area contributed by atoms with Crippen molar-refractivity contribution in [2.75, 3.05) is 12.8 Å². The van der Waals surface area contributed by atoms with E-state index >= 15 is 0 Å². The van der Waals surface area contributed by atoms with Gasteiger partial charge in [0.2, 0.25) is 0 Å². The predicted octanol–water partition coefficient (Wildman–Crippen LogP) is 3.40. The highest BCUT2D eigenvalue weighted by Gasteiger charge is 2.28. The van der Waals surface area contributed by atoms with Crippen LogP contribution in [0.2, 0.25) is 0 Å². The van der Waals surface area contributed by atoms with Gasteiger partial charge >= 0.3 is 5.97 Å². The van der Waals surface area contributed by atoms with E-state index in [9.17, 15) is 4.79 Å². The van der Waals surface area contributed by atoms with Gasteiger partial charge in [-0.25, -0.2) is 4.79 Å². The van der Waals surface area contributed by atoms with Crippen molar-refractivity contribution < 1.29 is 14.3 Å². The van der Waals surface area contributed by atoms with E-state index in [1.165, 1.54) is 6.42 Å². The normalized spacial score (nSPS) is 22.3. The molecule has 110 valence electrons. The molecule has 1 saturated carbocycles. The molecule has 0 bridgehead atoms. The summed E-state index contributed by atoms with van der Waals surface area (Å²) < 4.78 is 10.8. The lowest BCUT2D eigenvalue weighted by Gasteiger charge is -2.30. The van der Waals surface area contributed by atoms with E-state index in [-0.39, 0.29) is 12.1 Å². The summed E-state index contributed by atoms with van der Waals surface area (Å²) in [5.41, 5.74) is 6.68. The Hall–Kier alpha value is -1.71. The van der Waals surface area contributed by atoms with Gasteiger partial charge in [0.15, 0.2) is 0 Å². The van der Waals surface area contributed by atoms with Crippen LogP contribution in [0, 0.1) is 5.92 Å². The van der Waals surface area contributed by atoms with Crippen molar-refractivity contribution >= 4 is 11.7 Å². The van der Waals surface area contributed by atoms with Crippen molar-refractivity contribution in [3.63, 3.8) is 0 Å². The van der Waals surface area contributed by atoms with Crippen LogP contribution < -0.4 is 10.5 Å². The summed E-state index contributed by atoms with van der Waals surface area (Å²) in [5, 5.41) is 0. The van der Waals surface area contributed by atoms with E-state index in [2.05, 4.69) is 6.92 Å². The first-order chi connectivity index (χ1) is 9.65. The minimum Gasteiger partial charge on any atom is -0.497 e. The van der Waals surface area contributed by atoms with Crippen molar-refractivity contribution in [2.45, 2.75) is 45.1 Å². The zero-order valence-electron chi connectivity index (χ0n) is 12.2. The molecule has 1 aliphatic carbocycles. The number of nitrogen functional groups attached to an aromatic ring is 1. The SMILES string of the molecule is CCC1CCCCC1OC(=O)c1cc(OC)ccc1N. The number of anilines is 1. The smallest absolute Gasteiger partial charge is 0.340 e. The van der Waals surface area contributed by atoms with Gasteiger partial charge in [-0.15, -0.1) is 0 Å². The lowest BCUT2D eigenvalue weighted by Crippen LogP contribution is -2.30. The van der Waals surface area contributed by atoms with Gasteiger partial charge in [0.1, 0.15) is 11.9 Å². The topological polar surface area (TPSA) is 61.5 Å². The van der Waals surface area contributed by atoms with Gasteiger partial charge in [0.05, 0.1) is 12.7 Å². The molecule has 1 aromatic carbocycles. The van der Waals surface area contributed by atoms with Crippen molar-refractivity contribution in [3.05, 3.63) is 23.8 Å². The van der Waals surface area contributed by atoms with E-state index in [0.29, 0.717) is 22.9 Å². The van der Waals surface area contributed by atoms with Crippen LogP contribution in [0.1, 0.15) is 49.4 Å². The molecule has 0 radical (unpaired) electrons. The molecule has 0 aliphatic heterocycles. The molecule has 2 atom stereocenters. The fraction of sp³-hybridized carbons (Fsp3) is 0.562. The second-order valence-corrected chi connectivity index (χ2v) is 5.35. The highest BCUT2D eigenvalue weighted by atomic mass is 16.5. The molecule has 0 aromatic heterocycles.